The van der Waals surface area contributed by atoms with Crippen LogP contribution in [0.5, 0.6) is 0 Å². The summed E-state index contributed by atoms with van der Waals surface area (Å²) in [7, 11) is -4.26. The van der Waals surface area contributed by atoms with Gasteiger partial charge in [-0.15, -0.1) is 11.3 Å². The van der Waals surface area contributed by atoms with Crippen molar-refractivity contribution in [2.75, 3.05) is 11.1 Å². The number of nitrogens with zero attached hydrogens (tertiary/aromatic N) is 4. The molecule has 0 amide bonds. The van der Waals surface area contributed by atoms with Gasteiger partial charge in [-0.3, -0.25) is 9.54 Å². The normalized spacial score (nSPS) is 11.1. The highest BCUT2D eigenvalue weighted by Crippen LogP contribution is 2.32. The molecule has 0 bridgehead atoms. The number of benzene rings is 1. The van der Waals surface area contributed by atoms with Crippen LogP contribution in [0.1, 0.15) is 33.8 Å². The number of aryl methyl sites for hydroxylation is 3. The van der Waals surface area contributed by atoms with Gasteiger partial charge in [0.05, 0.1) is 11.1 Å². The van der Waals surface area contributed by atoms with Crippen LogP contribution in [0.3, 0.4) is 0 Å². The van der Waals surface area contributed by atoms with Gasteiger partial charge in [0.2, 0.25) is 0 Å². The van der Waals surface area contributed by atoms with Gasteiger partial charge in [-0.2, -0.15) is 13.7 Å². The van der Waals surface area contributed by atoms with Crippen LogP contribution in [0, 0.1) is 39.0 Å². The first-order valence-electron chi connectivity index (χ1n) is 11.7. The minimum atomic E-state index is -4.26. The molecule has 0 aliphatic heterocycles. The number of fused-ring (bicyclic) bond motifs is 1. The predicted octanol–water partition coefficient (Wildman–Crippen LogP) is 5.58. The summed E-state index contributed by atoms with van der Waals surface area (Å²) in [6.07, 6.45) is 0. The van der Waals surface area contributed by atoms with E-state index in [1.807, 2.05) is 45.9 Å². The van der Waals surface area contributed by atoms with Crippen molar-refractivity contribution in [2.45, 2.75) is 38.4 Å². The van der Waals surface area contributed by atoms with Crippen LogP contribution in [-0.4, -0.2) is 28.1 Å². The first-order valence-corrected chi connectivity index (χ1v) is 14.1. The van der Waals surface area contributed by atoms with Crippen molar-refractivity contribution in [3.8, 4) is 17.2 Å². The van der Waals surface area contributed by atoms with E-state index in [1.165, 1.54) is 0 Å². The third-order valence-electron chi connectivity index (χ3n) is 6.03. The monoisotopic (exact) mass is 562 g/mol. The van der Waals surface area contributed by atoms with Gasteiger partial charge in [-0.25, -0.2) is 4.98 Å². The molecule has 5 aromatic rings. The fraction of sp³-hybridized carbons (Fsp3) is 0.185. The van der Waals surface area contributed by atoms with Crippen molar-refractivity contribution in [1.82, 2.24) is 15.1 Å². The Morgan fingerprint density at radius 1 is 1.10 bits per heavy atom. The van der Waals surface area contributed by atoms with Gasteiger partial charge in [-0.05, 0) is 62.4 Å². The van der Waals surface area contributed by atoms with Crippen LogP contribution in [0.15, 0.2) is 56.6 Å². The molecule has 1 aromatic carbocycles. The number of aromatic nitrogens is 3. The Bertz CT molecular complexity index is 1780. The van der Waals surface area contributed by atoms with Crippen LogP contribution < -0.4 is 11.1 Å². The van der Waals surface area contributed by atoms with Gasteiger partial charge in [0.15, 0.2) is 10.0 Å². The van der Waals surface area contributed by atoms with Crippen LogP contribution in [0.2, 0.25) is 0 Å². The molecule has 0 radical (unpaired) electrons. The van der Waals surface area contributed by atoms with Crippen molar-refractivity contribution in [1.29, 1.82) is 5.26 Å². The highest BCUT2D eigenvalue weighted by atomic mass is 32.3. The van der Waals surface area contributed by atoms with E-state index in [2.05, 4.69) is 26.5 Å². The molecule has 39 heavy (non-hydrogen) atoms. The summed E-state index contributed by atoms with van der Waals surface area (Å²) in [6, 6.07) is 14.8. The van der Waals surface area contributed by atoms with Gasteiger partial charge in [-0.1, -0.05) is 29.4 Å². The van der Waals surface area contributed by atoms with Crippen LogP contribution in [0.25, 0.3) is 22.0 Å². The van der Waals surface area contributed by atoms with E-state index in [4.69, 9.17) is 10.3 Å². The van der Waals surface area contributed by atoms with Gasteiger partial charge < -0.3 is 15.6 Å². The summed E-state index contributed by atoms with van der Waals surface area (Å²) in [5, 5.41) is 18.7. The molecular formula is C27H26N6O4S2. The van der Waals surface area contributed by atoms with E-state index in [0.717, 1.165) is 50.5 Å². The van der Waals surface area contributed by atoms with Crippen molar-refractivity contribution in [3.63, 3.8) is 0 Å². The number of hydrogen-bond acceptors (Lipinski definition) is 10. The van der Waals surface area contributed by atoms with Crippen molar-refractivity contribution in [3.05, 3.63) is 81.7 Å². The molecule has 0 fully saturated rings. The van der Waals surface area contributed by atoms with E-state index in [-0.39, 0.29) is 4.21 Å². The first-order chi connectivity index (χ1) is 18.5. The van der Waals surface area contributed by atoms with E-state index >= 15 is 0 Å². The van der Waals surface area contributed by atoms with Crippen LogP contribution in [0.4, 0.5) is 11.6 Å². The molecule has 10 nitrogen and oxygen atoms in total. The summed E-state index contributed by atoms with van der Waals surface area (Å²) >= 11 is 0.976. The van der Waals surface area contributed by atoms with Gasteiger partial charge >= 0.3 is 10.1 Å². The Labute approximate surface area is 229 Å². The zero-order valence-electron chi connectivity index (χ0n) is 21.7. The molecule has 4 aromatic heterocycles. The summed E-state index contributed by atoms with van der Waals surface area (Å²) < 4.78 is 37.1. The standard InChI is InChI=1S/C22H18N4O3S2.C5H8N2O/c1-13-9-20-19(14(2)25-13)10-17(11-23)21(26-20)24-12-15-3-5-16(6-4-15)18-7-8-30-22(18)31(27,28)29;1-3-4(2)8-7-5(3)6/h3-10H,12H2,1-2H3,(H,24,26)(H,27,28,29);1-2H3,(H2,6,7). The lowest BCUT2D eigenvalue weighted by Crippen LogP contribution is -2.04. The maximum atomic E-state index is 11.5. The lowest BCUT2D eigenvalue weighted by Gasteiger charge is -2.11. The average Bonchev–Trinajstić information content (AvgIpc) is 3.51. The molecule has 0 saturated heterocycles. The lowest BCUT2D eigenvalue weighted by molar-refractivity contribution is 0.399. The number of nitrogens with one attached hydrogen (secondary N) is 1. The topological polar surface area (TPSA) is 168 Å². The maximum Gasteiger partial charge on any atom is 0.304 e. The second-order valence-corrected chi connectivity index (χ2v) is 11.3. The molecule has 200 valence electrons. The molecule has 12 heteroatoms. The van der Waals surface area contributed by atoms with Gasteiger partial charge in [0.25, 0.3) is 0 Å². The number of nitrogens with two attached hydrogens (primary N) is 1. The fourth-order valence-electron chi connectivity index (χ4n) is 3.83. The SMILES string of the molecule is Cc1cc2nc(NCc3ccc(-c4ccsc4S(=O)(=O)O)cc3)c(C#N)cc2c(C)n1.Cc1onc(N)c1C. The third-order valence-corrected chi connectivity index (χ3v) is 8.35. The molecular weight excluding hydrogens is 536 g/mol. The van der Waals surface area contributed by atoms with E-state index in [0.29, 0.717) is 34.9 Å². The van der Waals surface area contributed by atoms with Crippen LogP contribution in [-0.2, 0) is 16.7 Å². The van der Waals surface area contributed by atoms with Crippen molar-refractivity contribution < 1.29 is 17.5 Å². The number of hydrogen-bond donors (Lipinski definition) is 3. The van der Waals surface area contributed by atoms with Gasteiger partial charge in [0, 0.05) is 34.4 Å². The second kappa shape index (κ2) is 11.2. The van der Waals surface area contributed by atoms with Crippen molar-refractivity contribution in [2.24, 2.45) is 0 Å². The number of anilines is 2. The zero-order valence-corrected chi connectivity index (χ0v) is 23.3. The van der Waals surface area contributed by atoms with E-state index in [9.17, 15) is 18.2 Å². The smallest absolute Gasteiger partial charge is 0.304 e. The first kappa shape index (κ1) is 27.7. The Morgan fingerprint density at radius 3 is 2.38 bits per heavy atom. The number of thiophene rings is 1. The molecule has 0 atom stereocenters. The fourth-order valence-corrected chi connectivity index (χ4v) is 5.59. The molecule has 0 aliphatic carbocycles. The van der Waals surface area contributed by atoms with Crippen molar-refractivity contribution >= 4 is 44.0 Å². The zero-order chi connectivity index (χ0) is 28.3. The minimum absolute atomic E-state index is 0.0718. The highest BCUT2D eigenvalue weighted by molar-refractivity contribution is 7.88. The Kier molecular flexibility index (Phi) is 7.96. The molecule has 0 spiro atoms. The third kappa shape index (κ3) is 6.23. The molecule has 4 heterocycles. The Hall–Kier alpha value is -4.31. The predicted molar refractivity (Wildman–Crippen MR) is 151 cm³/mol. The molecule has 5 rings (SSSR count). The lowest BCUT2D eigenvalue weighted by atomic mass is 10.1. The largest absolute Gasteiger partial charge is 0.381 e. The molecule has 0 unspecified atom stereocenters. The summed E-state index contributed by atoms with van der Waals surface area (Å²) in [6.45, 7) is 7.95. The van der Waals surface area contributed by atoms with Crippen LogP contribution >= 0.6 is 11.3 Å². The maximum absolute atomic E-state index is 11.5. The number of nitrogen functional groups attached to an aromatic ring is 1. The molecule has 0 aliphatic rings. The molecule has 0 saturated carbocycles. The number of pyridine rings is 2. The van der Waals surface area contributed by atoms with Gasteiger partial charge in [0.1, 0.15) is 17.6 Å². The van der Waals surface area contributed by atoms with E-state index < -0.39 is 10.1 Å². The minimum Gasteiger partial charge on any atom is -0.381 e. The quantitative estimate of drug-likeness (QED) is 0.230. The Morgan fingerprint density at radius 2 is 1.82 bits per heavy atom. The second-order valence-electron chi connectivity index (χ2n) is 8.81. The summed E-state index contributed by atoms with van der Waals surface area (Å²) in [5.74, 6) is 1.78. The number of nitriles is 1. The number of rotatable bonds is 5. The highest BCUT2D eigenvalue weighted by Gasteiger charge is 2.18. The molecule has 4 N–H and O–H groups in total. The summed E-state index contributed by atoms with van der Waals surface area (Å²) in [4.78, 5) is 9.04. The average molecular weight is 563 g/mol. The Balaban J connectivity index is 0.000000379. The summed E-state index contributed by atoms with van der Waals surface area (Å²) in [5.41, 5.74) is 11.3. The van der Waals surface area contributed by atoms with E-state index in [1.54, 1.807) is 29.6 Å².